The van der Waals surface area contributed by atoms with E-state index in [-0.39, 0.29) is 41.9 Å². The summed E-state index contributed by atoms with van der Waals surface area (Å²) in [4.78, 5) is 42.7. The van der Waals surface area contributed by atoms with Gasteiger partial charge in [0, 0.05) is 36.7 Å². The van der Waals surface area contributed by atoms with Crippen LogP contribution in [0.15, 0.2) is 30.4 Å². The van der Waals surface area contributed by atoms with E-state index in [1.807, 2.05) is 18.2 Å². The number of nitrogens with zero attached hydrogens (tertiary/aromatic N) is 2. The molecule has 1 aromatic heterocycles. The summed E-state index contributed by atoms with van der Waals surface area (Å²) in [7, 11) is 0. The number of carbonyl (C=O) groups excluding carboxylic acids is 3. The number of benzene rings is 1. The van der Waals surface area contributed by atoms with Crippen molar-refractivity contribution in [3.05, 3.63) is 40.4 Å². The summed E-state index contributed by atoms with van der Waals surface area (Å²) in [5.74, 6) is -0.466. The van der Waals surface area contributed by atoms with Gasteiger partial charge in [0.05, 0.1) is 26.7 Å². The molecule has 1 N–H and O–H groups in total. The maximum absolute atomic E-state index is 13.5. The molecule has 1 heterocycles. The number of nitriles is 1. The number of ketones is 2. The highest BCUT2D eigenvalue weighted by Gasteiger charge is 2.27. The van der Waals surface area contributed by atoms with Gasteiger partial charge in [0.1, 0.15) is 11.9 Å². The minimum absolute atomic E-state index is 0.0311. The predicted octanol–water partition coefficient (Wildman–Crippen LogP) is 6.36. The van der Waals surface area contributed by atoms with E-state index in [2.05, 4.69) is 16.9 Å². The molecule has 3 rings (SSSR count). The van der Waals surface area contributed by atoms with Crippen LogP contribution in [-0.4, -0.2) is 28.5 Å². The van der Waals surface area contributed by atoms with E-state index >= 15 is 0 Å². The maximum atomic E-state index is 13.5. The third-order valence-electron chi connectivity index (χ3n) is 6.94. The number of Topliss-reactive ketones (excluding diaryl/α,β-unsaturated/α-hetero) is 2. The number of hydrogen-bond acceptors (Lipinski definition) is 6. The number of hydrogen-bond donors (Lipinski definition) is 1. The van der Waals surface area contributed by atoms with Gasteiger partial charge in [0.2, 0.25) is 5.91 Å². The van der Waals surface area contributed by atoms with Gasteiger partial charge < -0.3 is 5.32 Å². The zero-order valence-corrected chi connectivity index (χ0v) is 22.4. The van der Waals surface area contributed by atoms with E-state index in [1.54, 1.807) is 13.0 Å². The molecule has 8 heteroatoms. The standard InChI is InChI=1S/C28H34ClN3O3S/c1-3-23(33)14-20(15-27-32-24-11-9-21(29)16-26(24)36-27)28(35)31-22(10-12-25(34)18(2)17-30)13-19-7-5-4-6-8-19/h9,11,16,19-20,22H,2-8,10,12-15H2,1H3,(H,31,35)/t20-,22+/m0/s1. The average molecular weight is 528 g/mol. The molecule has 36 heavy (non-hydrogen) atoms. The summed E-state index contributed by atoms with van der Waals surface area (Å²) < 4.78 is 0.949. The van der Waals surface area contributed by atoms with Crippen LogP contribution in [0.3, 0.4) is 0 Å². The maximum Gasteiger partial charge on any atom is 0.224 e. The van der Waals surface area contributed by atoms with Gasteiger partial charge in [0.25, 0.3) is 0 Å². The molecule has 1 aliphatic rings. The second kappa shape index (κ2) is 13.7. The van der Waals surface area contributed by atoms with Crippen LogP contribution in [0.25, 0.3) is 10.2 Å². The Morgan fingerprint density at radius 2 is 2.03 bits per heavy atom. The monoisotopic (exact) mass is 527 g/mol. The van der Waals surface area contributed by atoms with E-state index in [1.165, 1.54) is 30.6 Å². The van der Waals surface area contributed by atoms with Gasteiger partial charge >= 0.3 is 0 Å². The van der Waals surface area contributed by atoms with Crippen LogP contribution in [0, 0.1) is 23.2 Å². The Bertz CT molecular complexity index is 1150. The first-order chi connectivity index (χ1) is 17.3. The minimum atomic E-state index is -0.535. The van der Waals surface area contributed by atoms with Crippen LogP contribution < -0.4 is 5.32 Å². The van der Waals surface area contributed by atoms with E-state index in [4.69, 9.17) is 16.9 Å². The van der Waals surface area contributed by atoms with E-state index < -0.39 is 5.92 Å². The number of rotatable bonds is 13. The van der Waals surface area contributed by atoms with Gasteiger partial charge in [-0.25, -0.2) is 4.98 Å². The summed E-state index contributed by atoms with van der Waals surface area (Å²) >= 11 is 7.60. The molecule has 1 saturated carbocycles. The Labute approximate surface area is 222 Å². The lowest BCUT2D eigenvalue weighted by atomic mass is 9.83. The summed E-state index contributed by atoms with van der Waals surface area (Å²) in [6.45, 7) is 5.32. The number of amides is 1. The van der Waals surface area contributed by atoms with Crippen LogP contribution >= 0.6 is 22.9 Å². The van der Waals surface area contributed by atoms with Crippen LogP contribution in [0.1, 0.15) is 76.1 Å². The van der Waals surface area contributed by atoms with Crippen molar-refractivity contribution in [3.8, 4) is 6.07 Å². The Balaban J connectivity index is 1.74. The van der Waals surface area contributed by atoms with Gasteiger partial charge in [-0.1, -0.05) is 57.2 Å². The van der Waals surface area contributed by atoms with Crippen molar-refractivity contribution in [2.75, 3.05) is 0 Å². The van der Waals surface area contributed by atoms with Crippen LogP contribution in [0.4, 0.5) is 0 Å². The first kappa shape index (κ1) is 28.0. The zero-order valence-electron chi connectivity index (χ0n) is 20.9. The second-order valence-corrected chi connectivity index (χ2v) is 11.3. The molecule has 1 aliphatic carbocycles. The fourth-order valence-electron chi connectivity index (χ4n) is 4.83. The minimum Gasteiger partial charge on any atom is -0.353 e. The molecule has 0 aliphatic heterocycles. The first-order valence-corrected chi connectivity index (χ1v) is 14.0. The van der Waals surface area contributed by atoms with Gasteiger partial charge in [-0.3, -0.25) is 14.4 Å². The van der Waals surface area contributed by atoms with Crippen molar-refractivity contribution < 1.29 is 14.4 Å². The molecule has 2 atom stereocenters. The highest BCUT2D eigenvalue weighted by atomic mass is 35.5. The van der Waals surface area contributed by atoms with Gasteiger partial charge in [-0.2, -0.15) is 5.26 Å². The van der Waals surface area contributed by atoms with Crippen LogP contribution in [-0.2, 0) is 20.8 Å². The van der Waals surface area contributed by atoms with Gasteiger partial charge in [-0.15, -0.1) is 11.3 Å². The molecule has 0 spiro atoms. The molecule has 1 amide bonds. The van der Waals surface area contributed by atoms with E-state index in [0.717, 1.165) is 34.5 Å². The van der Waals surface area contributed by atoms with Crippen LogP contribution in [0.2, 0.25) is 5.02 Å². The van der Waals surface area contributed by atoms with Crippen LogP contribution in [0.5, 0.6) is 0 Å². The van der Waals surface area contributed by atoms with Crippen molar-refractivity contribution >= 4 is 50.6 Å². The summed E-state index contributed by atoms with van der Waals surface area (Å²) in [6.07, 6.45) is 8.17. The Kier molecular flexibility index (Phi) is 10.6. The van der Waals surface area contributed by atoms with E-state index in [9.17, 15) is 14.4 Å². The summed E-state index contributed by atoms with van der Waals surface area (Å²) in [5.41, 5.74) is 0.770. The summed E-state index contributed by atoms with van der Waals surface area (Å²) in [5, 5.41) is 13.6. The number of carbonyl (C=O) groups is 3. The molecular formula is C28H34ClN3O3S. The quantitative estimate of drug-likeness (QED) is 0.241. The first-order valence-electron chi connectivity index (χ1n) is 12.8. The third-order valence-corrected chi connectivity index (χ3v) is 8.21. The normalized spacial score (nSPS) is 15.7. The number of aromatic nitrogens is 1. The third kappa shape index (κ3) is 8.25. The van der Waals surface area contributed by atoms with Crippen molar-refractivity contribution in [2.45, 2.75) is 83.6 Å². The molecular weight excluding hydrogens is 494 g/mol. The SMILES string of the molecule is C=C(C#N)C(=O)CC[C@H](CC1CCCCC1)NC(=O)[C@@H](CC(=O)CC)Cc1nc2ccc(Cl)cc2s1. The lowest BCUT2D eigenvalue weighted by Crippen LogP contribution is -2.41. The van der Waals surface area contributed by atoms with Crippen molar-refractivity contribution in [2.24, 2.45) is 11.8 Å². The molecule has 0 saturated heterocycles. The number of nitrogens with one attached hydrogen (secondary N) is 1. The number of halogens is 1. The number of allylic oxidation sites excluding steroid dienone is 1. The fourth-order valence-corrected chi connectivity index (χ4v) is 6.16. The lowest BCUT2D eigenvalue weighted by Gasteiger charge is -2.28. The topological polar surface area (TPSA) is 99.9 Å². The molecule has 2 aromatic rings. The summed E-state index contributed by atoms with van der Waals surface area (Å²) in [6, 6.07) is 7.13. The average Bonchev–Trinajstić information content (AvgIpc) is 3.27. The predicted molar refractivity (Wildman–Crippen MR) is 144 cm³/mol. The molecule has 0 radical (unpaired) electrons. The Morgan fingerprint density at radius 1 is 1.28 bits per heavy atom. The van der Waals surface area contributed by atoms with Gasteiger partial charge in [0.15, 0.2) is 5.78 Å². The highest BCUT2D eigenvalue weighted by Crippen LogP contribution is 2.30. The van der Waals surface area contributed by atoms with Gasteiger partial charge in [-0.05, 0) is 37.0 Å². The molecule has 192 valence electrons. The van der Waals surface area contributed by atoms with Crippen molar-refractivity contribution in [1.29, 1.82) is 5.26 Å². The number of fused-ring (bicyclic) bond motifs is 1. The molecule has 0 unspecified atom stereocenters. The molecule has 0 bridgehead atoms. The fraction of sp³-hybridized carbons (Fsp3) is 0.536. The second-order valence-electron chi connectivity index (χ2n) is 9.71. The van der Waals surface area contributed by atoms with E-state index in [0.29, 0.717) is 30.2 Å². The largest absolute Gasteiger partial charge is 0.353 e. The molecule has 1 aromatic carbocycles. The number of thiazole rings is 1. The Morgan fingerprint density at radius 3 is 2.72 bits per heavy atom. The Hall–Kier alpha value is -2.56. The zero-order chi connectivity index (χ0) is 26.1. The molecule has 1 fully saturated rings. The van der Waals surface area contributed by atoms with Crippen molar-refractivity contribution in [3.63, 3.8) is 0 Å². The highest BCUT2D eigenvalue weighted by molar-refractivity contribution is 7.18. The lowest BCUT2D eigenvalue weighted by molar-refractivity contribution is -0.130. The smallest absolute Gasteiger partial charge is 0.224 e. The van der Waals surface area contributed by atoms with Crippen molar-refractivity contribution in [1.82, 2.24) is 10.3 Å². The molecule has 6 nitrogen and oxygen atoms in total.